The van der Waals surface area contributed by atoms with Gasteiger partial charge in [-0.2, -0.15) is 0 Å². The molecule has 10 nitrogen and oxygen atoms in total. The third kappa shape index (κ3) is 28.3. The molecule has 0 saturated carbocycles. The molecule has 222 valence electrons. The Bertz CT molecular complexity index is 906. The highest BCUT2D eigenvalue weighted by molar-refractivity contribution is 6.01. The average Bonchev–Trinajstić information content (AvgIpc) is 2.95. The zero-order valence-corrected chi connectivity index (χ0v) is 23.6. The maximum absolute atomic E-state index is 11.4. The number of carboxylic acids is 1. The van der Waals surface area contributed by atoms with E-state index in [-0.39, 0.29) is 25.0 Å². The van der Waals surface area contributed by atoms with Crippen LogP contribution in [0, 0.1) is 0 Å². The first-order valence-electron chi connectivity index (χ1n) is 12.4. The van der Waals surface area contributed by atoms with Crippen molar-refractivity contribution in [1.82, 2.24) is 0 Å². The van der Waals surface area contributed by atoms with Gasteiger partial charge in [0.15, 0.2) is 5.78 Å². The summed E-state index contributed by atoms with van der Waals surface area (Å²) in [5.74, 6) is -2.62. The van der Waals surface area contributed by atoms with E-state index in [0.717, 1.165) is 31.1 Å². The SMILES string of the molecule is C=CC(=O)O.C=CC(=O)OCCCCCC.C=CC(=O)OCCOC(=O)C=C.CC(C)(O)C(=O)c1ccccc1. The number of aliphatic hydroxyl groups is 1. The van der Waals surface area contributed by atoms with Gasteiger partial charge in [0.1, 0.15) is 18.8 Å². The van der Waals surface area contributed by atoms with E-state index in [1.807, 2.05) is 6.07 Å². The summed E-state index contributed by atoms with van der Waals surface area (Å²) in [6, 6.07) is 8.78. The molecule has 1 rings (SSSR count). The van der Waals surface area contributed by atoms with Gasteiger partial charge in [0.2, 0.25) is 0 Å². The van der Waals surface area contributed by atoms with Crippen LogP contribution in [-0.4, -0.2) is 65.3 Å². The van der Waals surface area contributed by atoms with Crippen molar-refractivity contribution >= 4 is 29.7 Å². The Kier molecular flexibility index (Phi) is 26.4. The van der Waals surface area contributed by atoms with E-state index in [0.29, 0.717) is 12.2 Å². The molecule has 0 atom stereocenters. The minimum absolute atomic E-state index is 0.0322. The number of carbonyl (C=O) groups is 5. The lowest BCUT2D eigenvalue weighted by atomic mass is 9.97. The van der Waals surface area contributed by atoms with Crippen molar-refractivity contribution in [2.75, 3.05) is 19.8 Å². The Morgan fingerprint density at radius 1 is 0.725 bits per heavy atom. The highest BCUT2D eigenvalue weighted by Crippen LogP contribution is 2.11. The third-order valence-corrected chi connectivity index (χ3v) is 4.08. The number of ether oxygens (including phenoxy) is 3. The van der Waals surface area contributed by atoms with Crippen LogP contribution in [0.4, 0.5) is 0 Å². The first-order valence-corrected chi connectivity index (χ1v) is 12.4. The van der Waals surface area contributed by atoms with Crippen molar-refractivity contribution in [2.45, 2.75) is 52.1 Å². The zero-order valence-electron chi connectivity index (χ0n) is 23.6. The van der Waals surface area contributed by atoms with Crippen LogP contribution in [0.2, 0.25) is 0 Å². The number of ketones is 1. The number of aliphatic carboxylic acids is 1. The van der Waals surface area contributed by atoms with Crippen LogP contribution < -0.4 is 0 Å². The molecule has 0 aliphatic carbocycles. The molecule has 0 heterocycles. The standard InChI is InChI=1S/C10H12O2.C9H16O2.C8H10O4.C3H4O2/c1-10(2,12)9(11)8-6-4-3-5-7-8;1-3-5-6-7-8-11-9(10)4-2;1-3-7(9)11-5-6-12-8(10)4-2;1-2-3(4)5/h3-7,12H,1-2H3;4H,2-3,5-8H2,1H3;3-4H,1-2,5-6H2;2H,1H2,(H,4,5). The zero-order chi connectivity index (χ0) is 31.4. The molecule has 0 aliphatic heterocycles. The normalized spacial score (nSPS) is 9.20. The van der Waals surface area contributed by atoms with Crippen LogP contribution in [-0.2, 0) is 33.4 Å². The smallest absolute Gasteiger partial charge is 0.330 e. The van der Waals surface area contributed by atoms with Crippen LogP contribution in [0.1, 0.15) is 56.8 Å². The van der Waals surface area contributed by atoms with Gasteiger partial charge in [-0.05, 0) is 20.3 Å². The van der Waals surface area contributed by atoms with E-state index < -0.39 is 23.5 Å². The molecule has 0 saturated heterocycles. The third-order valence-electron chi connectivity index (χ3n) is 4.08. The Balaban J connectivity index is -0.000000474. The number of rotatable bonds is 14. The lowest BCUT2D eigenvalue weighted by molar-refractivity contribution is -0.146. The number of esters is 3. The van der Waals surface area contributed by atoms with Gasteiger partial charge in [-0.25, -0.2) is 19.2 Å². The van der Waals surface area contributed by atoms with Gasteiger partial charge in [0.25, 0.3) is 0 Å². The lowest BCUT2D eigenvalue weighted by Gasteiger charge is -2.14. The van der Waals surface area contributed by atoms with Gasteiger partial charge in [-0.1, -0.05) is 82.8 Å². The maximum atomic E-state index is 11.4. The van der Waals surface area contributed by atoms with Crippen molar-refractivity contribution in [1.29, 1.82) is 0 Å². The van der Waals surface area contributed by atoms with Crippen LogP contribution in [0.5, 0.6) is 0 Å². The number of hydrogen-bond donors (Lipinski definition) is 2. The van der Waals surface area contributed by atoms with Crippen LogP contribution in [0.25, 0.3) is 0 Å². The van der Waals surface area contributed by atoms with Crippen molar-refractivity contribution in [3.8, 4) is 0 Å². The lowest BCUT2D eigenvalue weighted by Crippen LogP contribution is -2.30. The van der Waals surface area contributed by atoms with E-state index in [1.165, 1.54) is 32.8 Å². The maximum Gasteiger partial charge on any atom is 0.330 e. The van der Waals surface area contributed by atoms with Gasteiger partial charge in [-0.3, -0.25) is 4.79 Å². The number of carbonyl (C=O) groups excluding carboxylic acids is 4. The summed E-state index contributed by atoms with van der Waals surface area (Å²) in [6.07, 6.45) is 8.62. The van der Waals surface area contributed by atoms with Gasteiger partial charge < -0.3 is 24.4 Å². The topological polar surface area (TPSA) is 153 Å². The minimum atomic E-state index is -1.28. The quantitative estimate of drug-likeness (QED) is 0.108. The number of Topliss-reactive ketones (excluding diaryl/α,β-unsaturated/α-hetero) is 1. The molecule has 2 N–H and O–H groups in total. The van der Waals surface area contributed by atoms with E-state index in [2.05, 4.69) is 42.7 Å². The molecule has 0 bridgehead atoms. The first-order chi connectivity index (χ1) is 18.8. The molecule has 40 heavy (non-hydrogen) atoms. The molecule has 0 unspecified atom stereocenters. The highest BCUT2D eigenvalue weighted by atomic mass is 16.6. The Morgan fingerprint density at radius 2 is 1.12 bits per heavy atom. The summed E-state index contributed by atoms with van der Waals surface area (Å²) in [7, 11) is 0. The van der Waals surface area contributed by atoms with Gasteiger partial charge >= 0.3 is 23.9 Å². The fourth-order valence-corrected chi connectivity index (χ4v) is 2.11. The molecule has 1 aromatic rings. The van der Waals surface area contributed by atoms with Crippen molar-refractivity contribution in [2.24, 2.45) is 0 Å². The predicted octanol–water partition coefficient (Wildman–Crippen LogP) is 4.64. The summed E-state index contributed by atoms with van der Waals surface area (Å²) in [4.78, 5) is 52.0. The number of hydrogen-bond acceptors (Lipinski definition) is 9. The second kappa shape index (κ2) is 26.3. The highest BCUT2D eigenvalue weighted by Gasteiger charge is 2.24. The van der Waals surface area contributed by atoms with Gasteiger partial charge in [0.05, 0.1) is 6.61 Å². The van der Waals surface area contributed by atoms with E-state index >= 15 is 0 Å². The van der Waals surface area contributed by atoms with Gasteiger partial charge in [-0.15, -0.1) is 0 Å². The van der Waals surface area contributed by atoms with E-state index in [9.17, 15) is 29.1 Å². The first kappa shape index (κ1) is 40.2. The average molecular weight is 563 g/mol. The number of unbranched alkanes of at least 4 members (excludes halogenated alkanes) is 3. The molecular weight excluding hydrogens is 520 g/mol. The van der Waals surface area contributed by atoms with Crippen LogP contribution in [0.3, 0.4) is 0 Å². The Labute approximate surface area is 236 Å². The molecule has 0 aromatic heterocycles. The molecule has 0 spiro atoms. The molecule has 0 amide bonds. The molecule has 0 radical (unpaired) electrons. The summed E-state index contributed by atoms with van der Waals surface area (Å²) in [5, 5.41) is 17.0. The second-order valence-corrected chi connectivity index (χ2v) is 7.97. The molecule has 0 aliphatic rings. The molecule has 0 fully saturated rings. The Hall–Kier alpha value is -4.31. The van der Waals surface area contributed by atoms with Crippen LogP contribution >= 0.6 is 0 Å². The Morgan fingerprint density at radius 3 is 1.45 bits per heavy atom. The fourth-order valence-electron chi connectivity index (χ4n) is 2.11. The number of benzene rings is 1. The minimum Gasteiger partial charge on any atom is -0.478 e. The molecule has 1 aromatic carbocycles. The van der Waals surface area contributed by atoms with Crippen LogP contribution in [0.15, 0.2) is 81.0 Å². The number of carboxylic acid groups (broad SMARTS) is 1. The monoisotopic (exact) mass is 562 g/mol. The van der Waals surface area contributed by atoms with E-state index in [1.54, 1.807) is 24.3 Å². The largest absolute Gasteiger partial charge is 0.478 e. The summed E-state index contributed by atoms with van der Waals surface area (Å²) >= 11 is 0. The fraction of sp³-hybridized carbons (Fsp3) is 0.367. The van der Waals surface area contributed by atoms with Crippen molar-refractivity contribution in [3.63, 3.8) is 0 Å². The van der Waals surface area contributed by atoms with E-state index in [4.69, 9.17) is 9.84 Å². The second-order valence-electron chi connectivity index (χ2n) is 7.97. The van der Waals surface area contributed by atoms with Gasteiger partial charge in [0, 0.05) is 29.9 Å². The molecule has 10 heteroatoms. The van der Waals surface area contributed by atoms with Crippen molar-refractivity contribution < 1.29 is 48.4 Å². The summed E-state index contributed by atoms with van der Waals surface area (Å²) < 4.78 is 13.8. The predicted molar refractivity (Wildman–Crippen MR) is 153 cm³/mol. The van der Waals surface area contributed by atoms with Crippen molar-refractivity contribution in [3.05, 3.63) is 86.5 Å². The molecular formula is C30H42O10. The summed E-state index contributed by atoms with van der Waals surface area (Å²) in [5.41, 5.74) is -0.730. The summed E-state index contributed by atoms with van der Waals surface area (Å²) in [6.45, 7) is 18.4.